The van der Waals surface area contributed by atoms with Gasteiger partial charge in [-0.15, -0.1) is 0 Å². The molecule has 264 valence electrons. The Morgan fingerprint density at radius 3 is 2.61 bits per heavy atom. The maximum absolute atomic E-state index is 15.0. The minimum Gasteiger partial charge on any atom is -0.497 e. The van der Waals surface area contributed by atoms with Gasteiger partial charge in [0.05, 0.1) is 24.5 Å². The van der Waals surface area contributed by atoms with Gasteiger partial charge in [0.15, 0.2) is 6.61 Å². The number of nitrogens with zero attached hydrogens (tertiary/aromatic N) is 2. The first-order valence-electron chi connectivity index (χ1n) is 15.4. The summed E-state index contributed by atoms with van der Waals surface area (Å²) in [6.45, 7) is 3.96. The molecule has 0 radical (unpaired) electrons. The number of ether oxygens (including phenoxy) is 3. The number of fused-ring (bicyclic) bond motifs is 1. The first kappa shape index (κ1) is 36.9. The van der Waals surface area contributed by atoms with Gasteiger partial charge in [-0.05, 0) is 62.6 Å². The molecule has 5 rings (SSSR count). The van der Waals surface area contributed by atoms with E-state index in [1.807, 2.05) is 26.3 Å². The molecule has 0 spiro atoms. The predicted octanol–water partition coefficient (Wildman–Crippen LogP) is 7.61. The van der Waals surface area contributed by atoms with Crippen molar-refractivity contribution in [3.8, 4) is 11.5 Å². The number of Topliss-reactive ketones (excluding diaryl/α,β-unsaturated/α-hetero) is 1. The molecule has 2 aliphatic heterocycles. The highest BCUT2D eigenvalue weighted by Gasteiger charge is 2.59. The zero-order valence-electron chi connectivity index (χ0n) is 26.8. The standard InChI is InChI=1S/C34H36ClF4N2O6PS/c1-21(42)27-10-7-8-16-40(27)34(25-9-5-4-6-11-29(25)45-3)22(2)41(28-14-12-23(35)17-26(28)34)49(43,44)31-18-24(46-19-32(36)48)13-15-30(31)47-20-33(37,38)39/h4-5,9,11-15,17-18,27,32H,2,6-8,10,16,19-20,48H2,1,3H3. The number of rotatable bonds is 11. The molecule has 0 saturated carbocycles. The number of benzene rings is 2. The van der Waals surface area contributed by atoms with E-state index < -0.39 is 57.6 Å². The lowest BCUT2D eigenvalue weighted by Crippen LogP contribution is -2.58. The maximum atomic E-state index is 15.0. The zero-order valence-corrected chi connectivity index (χ0v) is 29.5. The summed E-state index contributed by atoms with van der Waals surface area (Å²) >= 11 is 6.61. The number of halogens is 5. The minimum absolute atomic E-state index is 0.0377. The van der Waals surface area contributed by atoms with Crippen LogP contribution in [-0.2, 0) is 25.1 Å². The summed E-state index contributed by atoms with van der Waals surface area (Å²) in [4.78, 5) is 14.5. The van der Waals surface area contributed by atoms with Crippen LogP contribution in [0.5, 0.6) is 11.5 Å². The van der Waals surface area contributed by atoms with Crippen molar-refractivity contribution in [1.29, 1.82) is 0 Å². The van der Waals surface area contributed by atoms with Crippen LogP contribution in [-0.4, -0.2) is 64.1 Å². The second kappa shape index (κ2) is 14.5. The zero-order chi connectivity index (χ0) is 35.7. The SMILES string of the molecule is C=C1N(S(=O)(=O)c2cc(OCC(F)P)ccc2OCC(F)(F)F)c2ccc(Cl)cc2C1(C1=CC=CCC=C1OC)N1CCCCC1C(C)=O. The first-order valence-corrected chi connectivity index (χ1v) is 17.9. The molecular formula is C34H36ClF4N2O6PS. The predicted molar refractivity (Wildman–Crippen MR) is 182 cm³/mol. The summed E-state index contributed by atoms with van der Waals surface area (Å²) in [7, 11) is -1.52. The Balaban J connectivity index is 1.80. The lowest BCUT2D eigenvalue weighted by atomic mass is 9.76. The Labute approximate surface area is 290 Å². The van der Waals surface area contributed by atoms with Crippen LogP contribution in [0.25, 0.3) is 0 Å². The van der Waals surface area contributed by atoms with Gasteiger partial charge in [-0.25, -0.2) is 17.1 Å². The quantitative estimate of drug-likeness (QED) is 0.173. The summed E-state index contributed by atoms with van der Waals surface area (Å²) in [5.41, 5.74) is -0.622. The van der Waals surface area contributed by atoms with Crippen LogP contribution in [0.4, 0.5) is 23.2 Å². The molecule has 1 fully saturated rings. The van der Waals surface area contributed by atoms with Crippen molar-refractivity contribution >= 4 is 42.3 Å². The van der Waals surface area contributed by atoms with Crippen LogP contribution in [0.3, 0.4) is 0 Å². The Hall–Kier alpha value is -3.38. The number of hydrogen-bond donors (Lipinski definition) is 0. The van der Waals surface area contributed by atoms with Gasteiger partial charge < -0.3 is 14.2 Å². The summed E-state index contributed by atoms with van der Waals surface area (Å²) in [5.74, 6) is -1.96. The fraction of sp³-hybridized carbons (Fsp3) is 0.382. The van der Waals surface area contributed by atoms with E-state index in [2.05, 4.69) is 6.58 Å². The molecule has 8 nitrogen and oxygen atoms in total. The number of anilines is 1. The van der Waals surface area contributed by atoms with Crippen LogP contribution >= 0.6 is 20.8 Å². The molecule has 0 amide bonds. The van der Waals surface area contributed by atoms with E-state index in [-0.39, 0.29) is 27.9 Å². The summed E-state index contributed by atoms with van der Waals surface area (Å²) in [6, 6.07) is 7.13. The summed E-state index contributed by atoms with van der Waals surface area (Å²) < 4.78 is 101. The van der Waals surface area contributed by atoms with Gasteiger partial charge in [-0.1, -0.05) is 52.1 Å². The Kier molecular flexibility index (Phi) is 10.9. The molecule has 0 N–H and O–H groups in total. The van der Waals surface area contributed by atoms with Gasteiger partial charge in [0.2, 0.25) is 0 Å². The Bertz CT molecular complexity index is 1830. The number of likely N-dealkylation sites (tertiary alicyclic amines) is 1. The number of methoxy groups -OCH3 is 1. The van der Waals surface area contributed by atoms with Gasteiger partial charge in [0.1, 0.15) is 46.0 Å². The van der Waals surface area contributed by atoms with Gasteiger partial charge in [-0.3, -0.25) is 9.69 Å². The van der Waals surface area contributed by atoms with Crippen LogP contribution in [0.2, 0.25) is 5.02 Å². The van der Waals surface area contributed by atoms with Crippen molar-refractivity contribution in [3.63, 3.8) is 0 Å². The normalized spacial score (nSPS) is 22.2. The number of sulfonamides is 1. The maximum Gasteiger partial charge on any atom is 0.422 e. The van der Waals surface area contributed by atoms with E-state index in [9.17, 15) is 30.8 Å². The molecule has 2 heterocycles. The van der Waals surface area contributed by atoms with Crippen LogP contribution in [0, 0.1) is 0 Å². The third kappa shape index (κ3) is 7.13. The van der Waals surface area contributed by atoms with E-state index in [4.69, 9.17) is 25.8 Å². The highest BCUT2D eigenvalue weighted by atomic mass is 35.5. The first-order chi connectivity index (χ1) is 23.1. The van der Waals surface area contributed by atoms with Crippen molar-refractivity contribution in [3.05, 3.63) is 94.9 Å². The Morgan fingerprint density at radius 1 is 1.18 bits per heavy atom. The third-order valence-electron chi connectivity index (χ3n) is 8.58. The number of ketones is 1. The molecule has 2 aromatic rings. The lowest BCUT2D eigenvalue weighted by molar-refractivity contribution is -0.153. The second-order valence-electron chi connectivity index (χ2n) is 11.8. The summed E-state index contributed by atoms with van der Waals surface area (Å²) in [6.07, 6.45) is 4.92. The van der Waals surface area contributed by atoms with Gasteiger partial charge in [0, 0.05) is 28.8 Å². The van der Waals surface area contributed by atoms with Gasteiger partial charge >= 0.3 is 6.18 Å². The smallest absolute Gasteiger partial charge is 0.422 e. The number of hydrogen-bond acceptors (Lipinski definition) is 7. The lowest BCUT2D eigenvalue weighted by Gasteiger charge is -2.49. The molecule has 0 aromatic heterocycles. The van der Waals surface area contributed by atoms with Crippen LogP contribution in [0.1, 0.15) is 38.2 Å². The number of alkyl halides is 4. The number of piperidine rings is 1. The molecule has 1 aliphatic carbocycles. The fourth-order valence-electron chi connectivity index (χ4n) is 6.66. The molecule has 0 bridgehead atoms. The average Bonchev–Trinajstić information content (AvgIpc) is 3.16. The van der Waals surface area contributed by atoms with Gasteiger partial charge in [0.25, 0.3) is 10.0 Å². The number of carbonyl (C=O) groups is 1. The average molecular weight is 743 g/mol. The van der Waals surface area contributed by atoms with Crippen molar-refractivity contribution in [2.45, 2.75) is 61.2 Å². The molecular weight excluding hydrogens is 707 g/mol. The van der Waals surface area contributed by atoms with Crippen LogP contribution < -0.4 is 13.8 Å². The van der Waals surface area contributed by atoms with E-state index in [0.717, 1.165) is 22.9 Å². The van der Waals surface area contributed by atoms with E-state index >= 15 is 0 Å². The molecule has 4 atom stereocenters. The van der Waals surface area contributed by atoms with E-state index in [1.54, 1.807) is 18.2 Å². The molecule has 2 aromatic carbocycles. The van der Waals surface area contributed by atoms with Gasteiger partial charge in [-0.2, -0.15) is 13.2 Å². The molecule has 1 saturated heterocycles. The number of carbonyl (C=O) groups excluding carboxylic acids is 1. The topological polar surface area (TPSA) is 85.4 Å². The molecule has 3 aliphatic rings. The largest absolute Gasteiger partial charge is 0.497 e. The minimum atomic E-state index is -4.89. The van der Waals surface area contributed by atoms with E-state index in [0.29, 0.717) is 42.7 Å². The molecule has 15 heteroatoms. The Morgan fingerprint density at radius 2 is 1.94 bits per heavy atom. The van der Waals surface area contributed by atoms with Crippen LogP contribution in [0.15, 0.2) is 89.2 Å². The summed E-state index contributed by atoms with van der Waals surface area (Å²) in [5, 5.41) is 0.266. The number of allylic oxidation sites excluding steroid dienone is 4. The highest BCUT2D eigenvalue weighted by Crippen LogP contribution is 2.59. The molecule has 49 heavy (non-hydrogen) atoms. The second-order valence-corrected chi connectivity index (χ2v) is 14.7. The monoisotopic (exact) mass is 742 g/mol. The van der Waals surface area contributed by atoms with Crippen molar-refractivity contribution in [1.82, 2.24) is 4.90 Å². The van der Waals surface area contributed by atoms with Crippen molar-refractivity contribution in [2.24, 2.45) is 0 Å². The molecule has 4 unspecified atom stereocenters. The van der Waals surface area contributed by atoms with E-state index in [1.165, 1.54) is 32.2 Å². The van der Waals surface area contributed by atoms with Crippen molar-refractivity contribution < 1.29 is 45.0 Å². The third-order valence-corrected chi connectivity index (χ3v) is 10.8. The van der Waals surface area contributed by atoms with Crippen molar-refractivity contribution in [2.75, 3.05) is 31.2 Å². The fourth-order valence-corrected chi connectivity index (χ4v) is 8.62. The highest BCUT2D eigenvalue weighted by molar-refractivity contribution is 7.93.